The first-order chi connectivity index (χ1) is 16.0. The lowest BCUT2D eigenvalue weighted by Crippen LogP contribution is -2.37. The molecule has 3 aromatic carbocycles. The Morgan fingerprint density at radius 2 is 1.79 bits per heavy atom. The number of aryl methyl sites for hydroxylation is 1. The number of carboxylic acid groups (broad SMARTS) is 1. The van der Waals surface area contributed by atoms with Crippen molar-refractivity contribution in [1.82, 2.24) is 0 Å². The Hall–Kier alpha value is -3.84. The average Bonchev–Trinajstić information content (AvgIpc) is 2.83. The summed E-state index contributed by atoms with van der Waals surface area (Å²) in [5.74, 6) is 5.49. The van der Waals surface area contributed by atoms with Crippen molar-refractivity contribution in [2.45, 2.75) is 26.2 Å². The van der Waals surface area contributed by atoms with E-state index in [0.717, 1.165) is 23.2 Å². The van der Waals surface area contributed by atoms with Gasteiger partial charge in [0.1, 0.15) is 0 Å². The third kappa shape index (κ3) is 4.99. The molecule has 0 aromatic heterocycles. The molecule has 1 N–H and O–H groups in total. The van der Waals surface area contributed by atoms with Gasteiger partial charge in [0.2, 0.25) is 0 Å². The highest BCUT2D eigenvalue weighted by molar-refractivity contribution is 6.05. The zero-order chi connectivity index (χ0) is 23.4. The minimum atomic E-state index is -0.948. The van der Waals surface area contributed by atoms with Gasteiger partial charge in [-0.25, -0.2) is 4.79 Å². The summed E-state index contributed by atoms with van der Waals surface area (Å²) < 4.78 is 0. The quantitative estimate of drug-likeness (QED) is 0.569. The highest BCUT2D eigenvalue weighted by Gasteiger charge is 2.30. The monoisotopic (exact) mass is 437 g/mol. The van der Waals surface area contributed by atoms with E-state index in [1.807, 2.05) is 31.3 Å². The number of carboxylic acids is 1. The van der Waals surface area contributed by atoms with Crippen LogP contribution in [0.15, 0.2) is 66.7 Å². The van der Waals surface area contributed by atoms with Crippen LogP contribution in [0.25, 0.3) is 0 Å². The molecule has 4 nitrogen and oxygen atoms in total. The van der Waals surface area contributed by atoms with Crippen molar-refractivity contribution in [2.24, 2.45) is 5.92 Å². The van der Waals surface area contributed by atoms with E-state index in [2.05, 4.69) is 41.9 Å². The predicted molar refractivity (Wildman–Crippen MR) is 131 cm³/mol. The maximum atomic E-state index is 13.3. The third-order valence-corrected chi connectivity index (χ3v) is 6.23. The number of fused-ring (bicyclic) bond motifs is 1. The SMILES string of the molecule is CCc1ccccc1CC#Cc1ccc2c(c1)C(=O)C(Cc1ccc(C(=O)O)cc1)CN2C. The summed E-state index contributed by atoms with van der Waals surface area (Å²) in [6.45, 7) is 2.78. The van der Waals surface area contributed by atoms with Crippen LogP contribution in [0.3, 0.4) is 0 Å². The van der Waals surface area contributed by atoms with Gasteiger partial charge < -0.3 is 10.0 Å². The third-order valence-electron chi connectivity index (χ3n) is 6.23. The number of aromatic carboxylic acids is 1. The van der Waals surface area contributed by atoms with E-state index >= 15 is 0 Å². The van der Waals surface area contributed by atoms with Gasteiger partial charge >= 0.3 is 5.97 Å². The van der Waals surface area contributed by atoms with Gasteiger partial charge in [-0.05, 0) is 59.9 Å². The summed E-state index contributed by atoms with van der Waals surface area (Å²) in [5.41, 5.74) is 6.25. The molecule has 4 rings (SSSR count). The molecular weight excluding hydrogens is 410 g/mol. The molecule has 0 saturated carbocycles. The minimum Gasteiger partial charge on any atom is -0.478 e. The van der Waals surface area contributed by atoms with Gasteiger partial charge in [0, 0.05) is 42.7 Å². The average molecular weight is 438 g/mol. The number of nitrogens with zero attached hydrogens (tertiary/aromatic N) is 1. The fourth-order valence-electron chi connectivity index (χ4n) is 4.42. The zero-order valence-corrected chi connectivity index (χ0v) is 19.0. The van der Waals surface area contributed by atoms with E-state index in [-0.39, 0.29) is 17.3 Å². The van der Waals surface area contributed by atoms with E-state index in [1.54, 1.807) is 24.3 Å². The van der Waals surface area contributed by atoms with Crippen molar-refractivity contribution >= 4 is 17.4 Å². The Balaban J connectivity index is 1.52. The van der Waals surface area contributed by atoms with Crippen molar-refractivity contribution < 1.29 is 14.7 Å². The van der Waals surface area contributed by atoms with Crippen LogP contribution >= 0.6 is 0 Å². The molecule has 33 heavy (non-hydrogen) atoms. The van der Waals surface area contributed by atoms with Crippen LogP contribution in [0.1, 0.15) is 49.9 Å². The standard InChI is InChI=1S/C29H27NO3/c1-3-22-8-4-5-9-23(22)10-6-7-20-13-16-27-26(18-20)28(31)25(19-30(27)2)17-21-11-14-24(15-12-21)29(32)33/h4-5,8-9,11-16,18,25H,3,10,17,19H2,1-2H3,(H,32,33). The van der Waals surface area contributed by atoms with E-state index in [4.69, 9.17) is 5.11 Å². The number of Topliss-reactive ketones (excluding diaryl/α,β-unsaturated/α-hetero) is 1. The van der Waals surface area contributed by atoms with Crippen LogP contribution in [-0.4, -0.2) is 30.5 Å². The molecule has 0 saturated heterocycles. The Morgan fingerprint density at radius 1 is 1.06 bits per heavy atom. The highest BCUT2D eigenvalue weighted by Crippen LogP contribution is 2.31. The fourth-order valence-corrected chi connectivity index (χ4v) is 4.42. The lowest BCUT2D eigenvalue weighted by Gasteiger charge is -2.32. The predicted octanol–water partition coefficient (Wildman–Crippen LogP) is 5.03. The molecule has 4 heteroatoms. The molecule has 0 radical (unpaired) electrons. The molecule has 3 aromatic rings. The number of hydrogen-bond acceptors (Lipinski definition) is 3. The number of hydrogen-bond donors (Lipinski definition) is 1. The van der Waals surface area contributed by atoms with Gasteiger partial charge in [-0.2, -0.15) is 0 Å². The topological polar surface area (TPSA) is 57.6 Å². The number of rotatable bonds is 5. The van der Waals surface area contributed by atoms with Gasteiger partial charge in [-0.15, -0.1) is 0 Å². The van der Waals surface area contributed by atoms with Gasteiger partial charge in [-0.3, -0.25) is 4.79 Å². The van der Waals surface area contributed by atoms with Crippen LogP contribution in [0.4, 0.5) is 5.69 Å². The first-order valence-electron chi connectivity index (χ1n) is 11.2. The second-order valence-electron chi connectivity index (χ2n) is 8.48. The summed E-state index contributed by atoms with van der Waals surface area (Å²) in [5, 5.41) is 9.09. The van der Waals surface area contributed by atoms with Crippen LogP contribution in [-0.2, 0) is 19.3 Å². The first kappa shape index (κ1) is 22.4. The van der Waals surface area contributed by atoms with Crippen molar-refractivity contribution in [3.63, 3.8) is 0 Å². The summed E-state index contributed by atoms with van der Waals surface area (Å²) in [6, 6.07) is 21.0. The summed E-state index contributed by atoms with van der Waals surface area (Å²) >= 11 is 0. The Labute approximate surface area is 194 Å². The molecule has 0 amide bonds. The van der Waals surface area contributed by atoms with Gasteiger partial charge in [0.25, 0.3) is 0 Å². The van der Waals surface area contributed by atoms with Crippen molar-refractivity contribution in [3.05, 3.63) is 100 Å². The zero-order valence-electron chi connectivity index (χ0n) is 19.0. The molecule has 1 aliphatic rings. The molecule has 0 fully saturated rings. The van der Waals surface area contributed by atoms with Crippen molar-refractivity contribution in [3.8, 4) is 11.8 Å². The van der Waals surface area contributed by atoms with Crippen molar-refractivity contribution in [2.75, 3.05) is 18.5 Å². The van der Waals surface area contributed by atoms with Gasteiger partial charge in [0.05, 0.1) is 5.56 Å². The van der Waals surface area contributed by atoms with Crippen LogP contribution < -0.4 is 4.90 Å². The Morgan fingerprint density at radius 3 is 2.48 bits per heavy atom. The molecular formula is C29H27NO3. The fraction of sp³-hybridized carbons (Fsp3) is 0.241. The molecule has 1 atom stereocenters. The second kappa shape index (κ2) is 9.75. The number of carbonyl (C=O) groups is 2. The number of benzene rings is 3. The Bertz CT molecular complexity index is 1250. The smallest absolute Gasteiger partial charge is 0.335 e. The normalized spacial score (nSPS) is 14.9. The van der Waals surface area contributed by atoms with E-state index in [0.29, 0.717) is 24.9 Å². The maximum absolute atomic E-state index is 13.3. The van der Waals surface area contributed by atoms with Crippen LogP contribution in [0, 0.1) is 17.8 Å². The van der Waals surface area contributed by atoms with Gasteiger partial charge in [-0.1, -0.05) is 55.2 Å². The van der Waals surface area contributed by atoms with Crippen LogP contribution in [0.5, 0.6) is 0 Å². The summed E-state index contributed by atoms with van der Waals surface area (Å²) in [6.07, 6.45) is 2.24. The summed E-state index contributed by atoms with van der Waals surface area (Å²) in [7, 11) is 2.00. The van der Waals surface area contributed by atoms with Crippen molar-refractivity contribution in [1.29, 1.82) is 0 Å². The first-order valence-corrected chi connectivity index (χ1v) is 11.2. The molecule has 1 aliphatic heterocycles. The number of ketones is 1. The van der Waals surface area contributed by atoms with E-state index in [1.165, 1.54) is 11.1 Å². The summed E-state index contributed by atoms with van der Waals surface area (Å²) in [4.78, 5) is 26.5. The highest BCUT2D eigenvalue weighted by atomic mass is 16.4. The minimum absolute atomic E-state index is 0.116. The van der Waals surface area contributed by atoms with Gasteiger partial charge in [0.15, 0.2) is 5.78 Å². The van der Waals surface area contributed by atoms with Crippen LogP contribution in [0.2, 0.25) is 0 Å². The molecule has 1 unspecified atom stereocenters. The lowest BCUT2D eigenvalue weighted by atomic mass is 9.86. The Kier molecular flexibility index (Phi) is 6.60. The van der Waals surface area contributed by atoms with E-state index < -0.39 is 5.97 Å². The second-order valence-corrected chi connectivity index (χ2v) is 8.48. The lowest BCUT2D eigenvalue weighted by molar-refractivity contribution is 0.0696. The molecule has 0 spiro atoms. The molecule has 1 heterocycles. The largest absolute Gasteiger partial charge is 0.478 e. The number of anilines is 1. The number of carbonyl (C=O) groups excluding carboxylic acids is 1. The molecule has 0 bridgehead atoms. The van der Waals surface area contributed by atoms with E-state index in [9.17, 15) is 9.59 Å². The molecule has 0 aliphatic carbocycles. The maximum Gasteiger partial charge on any atom is 0.335 e. The molecule has 166 valence electrons.